The molecule has 1 aliphatic rings. The molecule has 2 aromatic heterocycles. The summed E-state index contributed by atoms with van der Waals surface area (Å²) in [6.07, 6.45) is 6.33. The normalized spacial score (nSPS) is 18.7. The Labute approximate surface area is 152 Å². The molecule has 0 aliphatic heterocycles. The Morgan fingerprint density at radius 2 is 2.12 bits per heavy atom. The van der Waals surface area contributed by atoms with E-state index in [0.29, 0.717) is 12.4 Å². The molecule has 5 nitrogen and oxygen atoms in total. The summed E-state index contributed by atoms with van der Waals surface area (Å²) in [5.41, 5.74) is 3.41. The average Bonchev–Trinajstić information content (AvgIpc) is 3.41. The van der Waals surface area contributed by atoms with Crippen LogP contribution in [0.15, 0.2) is 48.9 Å². The zero-order valence-electron chi connectivity index (χ0n) is 14.9. The van der Waals surface area contributed by atoms with Crippen LogP contribution >= 0.6 is 0 Å². The number of hydrogen-bond donors (Lipinski definition) is 1. The van der Waals surface area contributed by atoms with Gasteiger partial charge in [0.1, 0.15) is 5.82 Å². The SMILES string of the molecule is CCO[C@@H]1C[C@H]1C(=O)Nc1cc2ccc(-c3cnccc3C)cc2cn1. The smallest absolute Gasteiger partial charge is 0.231 e. The van der Waals surface area contributed by atoms with E-state index in [1.807, 2.05) is 25.3 Å². The van der Waals surface area contributed by atoms with Gasteiger partial charge in [-0.1, -0.05) is 12.1 Å². The summed E-state index contributed by atoms with van der Waals surface area (Å²) < 4.78 is 5.47. The molecule has 0 saturated heterocycles. The number of aryl methyl sites for hydroxylation is 1. The van der Waals surface area contributed by atoms with Gasteiger partial charge in [-0.3, -0.25) is 9.78 Å². The average molecular weight is 347 g/mol. The molecule has 0 spiro atoms. The molecule has 1 saturated carbocycles. The Bertz CT molecular complexity index is 970. The first kappa shape index (κ1) is 16.7. The van der Waals surface area contributed by atoms with E-state index in [4.69, 9.17) is 4.74 Å². The van der Waals surface area contributed by atoms with Crippen LogP contribution in [0.1, 0.15) is 18.9 Å². The monoisotopic (exact) mass is 347 g/mol. The Hall–Kier alpha value is -2.79. The summed E-state index contributed by atoms with van der Waals surface area (Å²) in [5, 5.41) is 4.97. The highest BCUT2D eigenvalue weighted by Gasteiger charge is 2.44. The largest absolute Gasteiger partial charge is 0.378 e. The molecule has 1 fully saturated rings. The molecule has 5 heteroatoms. The predicted octanol–water partition coefficient (Wildman–Crippen LogP) is 3.97. The van der Waals surface area contributed by atoms with Gasteiger partial charge in [-0.25, -0.2) is 4.98 Å². The number of benzene rings is 1. The van der Waals surface area contributed by atoms with Gasteiger partial charge in [0.25, 0.3) is 0 Å². The number of hydrogen-bond acceptors (Lipinski definition) is 4. The minimum atomic E-state index is -0.0524. The minimum absolute atomic E-state index is 0.0158. The maximum absolute atomic E-state index is 12.2. The fourth-order valence-corrected chi connectivity index (χ4v) is 3.21. The van der Waals surface area contributed by atoms with Crippen LogP contribution < -0.4 is 5.32 Å². The van der Waals surface area contributed by atoms with Crippen molar-refractivity contribution < 1.29 is 9.53 Å². The molecule has 0 unspecified atom stereocenters. The number of fused-ring (bicyclic) bond motifs is 1. The van der Waals surface area contributed by atoms with Crippen LogP contribution in [0.3, 0.4) is 0 Å². The van der Waals surface area contributed by atoms with Crippen LogP contribution in [-0.2, 0) is 9.53 Å². The summed E-state index contributed by atoms with van der Waals surface area (Å²) in [7, 11) is 0. The third kappa shape index (κ3) is 3.30. The first-order chi connectivity index (χ1) is 12.7. The molecule has 3 aromatic rings. The van der Waals surface area contributed by atoms with Crippen molar-refractivity contribution in [1.29, 1.82) is 0 Å². The summed E-state index contributed by atoms with van der Waals surface area (Å²) in [4.78, 5) is 20.8. The number of aromatic nitrogens is 2. The van der Waals surface area contributed by atoms with Gasteiger partial charge in [-0.2, -0.15) is 0 Å². The standard InChI is InChI=1S/C21H21N3O2/c1-3-26-19-10-17(19)21(25)24-20-9-14-4-5-15(8-16(14)11-23-20)18-12-22-7-6-13(18)2/h4-9,11-12,17,19H,3,10H2,1-2H3,(H,23,24,25)/t17-,19-/m1/s1. The second-order valence-electron chi connectivity index (χ2n) is 6.65. The lowest BCUT2D eigenvalue weighted by Gasteiger charge is -2.08. The number of carbonyl (C=O) groups is 1. The molecule has 0 bridgehead atoms. The Morgan fingerprint density at radius 1 is 1.23 bits per heavy atom. The molecule has 2 atom stereocenters. The number of carbonyl (C=O) groups excluding carboxylic acids is 1. The number of amides is 1. The van der Waals surface area contributed by atoms with Gasteiger partial charge in [0.2, 0.25) is 5.91 Å². The van der Waals surface area contributed by atoms with E-state index >= 15 is 0 Å². The van der Waals surface area contributed by atoms with Crippen molar-refractivity contribution in [3.8, 4) is 11.1 Å². The summed E-state index contributed by atoms with van der Waals surface area (Å²) >= 11 is 0. The van der Waals surface area contributed by atoms with E-state index in [2.05, 4.69) is 40.4 Å². The number of rotatable bonds is 5. The number of anilines is 1. The van der Waals surface area contributed by atoms with Gasteiger partial charge in [0, 0.05) is 36.1 Å². The lowest BCUT2D eigenvalue weighted by atomic mass is 10.0. The van der Waals surface area contributed by atoms with E-state index in [0.717, 1.165) is 28.3 Å². The van der Waals surface area contributed by atoms with Crippen LogP contribution in [0.5, 0.6) is 0 Å². The molecule has 132 valence electrons. The molecule has 1 N–H and O–H groups in total. The highest BCUT2D eigenvalue weighted by molar-refractivity contribution is 5.96. The Balaban J connectivity index is 1.54. The van der Waals surface area contributed by atoms with E-state index in [-0.39, 0.29) is 17.9 Å². The lowest BCUT2D eigenvalue weighted by molar-refractivity contribution is -0.118. The molecular weight excluding hydrogens is 326 g/mol. The zero-order chi connectivity index (χ0) is 18.1. The second kappa shape index (κ2) is 6.84. The molecule has 0 radical (unpaired) electrons. The Kier molecular flexibility index (Phi) is 4.39. The number of pyridine rings is 2. The molecule has 26 heavy (non-hydrogen) atoms. The van der Waals surface area contributed by atoms with Crippen molar-refractivity contribution in [3.05, 3.63) is 54.5 Å². The van der Waals surface area contributed by atoms with Gasteiger partial charge in [0.15, 0.2) is 0 Å². The van der Waals surface area contributed by atoms with Crippen LogP contribution in [0.2, 0.25) is 0 Å². The van der Waals surface area contributed by atoms with Crippen LogP contribution in [0.25, 0.3) is 21.9 Å². The molecule has 1 aliphatic carbocycles. The van der Waals surface area contributed by atoms with Crippen LogP contribution in [0.4, 0.5) is 5.82 Å². The second-order valence-corrected chi connectivity index (χ2v) is 6.65. The topological polar surface area (TPSA) is 64.1 Å². The maximum Gasteiger partial charge on any atom is 0.231 e. The number of nitrogens with one attached hydrogen (secondary N) is 1. The quantitative estimate of drug-likeness (QED) is 0.758. The van der Waals surface area contributed by atoms with E-state index in [1.165, 1.54) is 5.56 Å². The first-order valence-electron chi connectivity index (χ1n) is 8.89. The summed E-state index contributed by atoms with van der Waals surface area (Å²) in [5.74, 6) is 0.510. The van der Waals surface area contributed by atoms with Gasteiger partial charge in [0.05, 0.1) is 12.0 Å². The fraction of sp³-hybridized carbons (Fsp3) is 0.286. The lowest BCUT2D eigenvalue weighted by Crippen LogP contribution is -2.17. The van der Waals surface area contributed by atoms with Crippen molar-refractivity contribution in [1.82, 2.24) is 9.97 Å². The minimum Gasteiger partial charge on any atom is -0.378 e. The van der Waals surface area contributed by atoms with Gasteiger partial charge in [-0.15, -0.1) is 0 Å². The number of ether oxygens (including phenoxy) is 1. The van der Waals surface area contributed by atoms with Crippen molar-refractivity contribution in [2.45, 2.75) is 26.4 Å². The van der Waals surface area contributed by atoms with E-state index in [1.54, 1.807) is 12.4 Å². The highest BCUT2D eigenvalue weighted by atomic mass is 16.5. The predicted molar refractivity (Wildman–Crippen MR) is 102 cm³/mol. The third-order valence-electron chi connectivity index (χ3n) is 4.77. The van der Waals surface area contributed by atoms with Crippen molar-refractivity contribution >= 4 is 22.5 Å². The maximum atomic E-state index is 12.2. The third-order valence-corrected chi connectivity index (χ3v) is 4.77. The highest BCUT2D eigenvalue weighted by Crippen LogP contribution is 2.35. The van der Waals surface area contributed by atoms with E-state index in [9.17, 15) is 4.79 Å². The zero-order valence-corrected chi connectivity index (χ0v) is 14.9. The van der Waals surface area contributed by atoms with Crippen LogP contribution in [-0.4, -0.2) is 28.6 Å². The van der Waals surface area contributed by atoms with Gasteiger partial charge in [-0.05, 0) is 55.0 Å². The van der Waals surface area contributed by atoms with Crippen molar-refractivity contribution in [3.63, 3.8) is 0 Å². The fourth-order valence-electron chi connectivity index (χ4n) is 3.21. The van der Waals surface area contributed by atoms with Crippen molar-refractivity contribution in [2.75, 3.05) is 11.9 Å². The van der Waals surface area contributed by atoms with Crippen LogP contribution in [0, 0.1) is 12.8 Å². The Morgan fingerprint density at radius 3 is 2.92 bits per heavy atom. The van der Waals surface area contributed by atoms with Gasteiger partial charge >= 0.3 is 0 Å². The molecule has 1 amide bonds. The molecular formula is C21H21N3O2. The number of nitrogens with zero attached hydrogens (tertiary/aromatic N) is 2. The molecule has 2 heterocycles. The summed E-state index contributed by atoms with van der Waals surface area (Å²) in [6.45, 7) is 4.66. The first-order valence-corrected chi connectivity index (χ1v) is 8.89. The molecule has 4 rings (SSSR count). The van der Waals surface area contributed by atoms with Crippen molar-refractivity contribution in [2.24, 2.45) is 5.92 Å². The van der Waals surface area contributed by atoms with Gasteiger partial charge < -0.3 is 10.1 Å². The summed E-state index contributed by atoms with van der Waals surface area (Å²) in [6, 6.07) is 10.1. The molecule has 1 aromatic carbocycles. The van der Waals surface area contributed by atoms with E-state index < -0.39 is 0 Å².